The van der Waals surface area contributed by atoms with Gasteiger partial charge in [0.15, 0.2) is 0 Å². The summed E-state index contributed by atoms with van der Waals surface area (Å²) < 4.78 is 0. The van der Waals surface area contributed by atoms with Crippen LogP contribution in [-0.4, -0.2) is 20.1 Å². The third-order valence-electron chi connectivity index (χ3n) is 5.94. The summed E-state index contributed by atoms with van der Waals surface area (Å²) in [7, 11) is 1.68. The maximum atomic E-state index is 11.3. The molecule has 0 radical (unpaired) electrons. The quantitative estimate of drug-likeness (QED) is 0.595. The Kier molecular flexibility index (Phi) is 11.5. The molecule has 30 heavy (non-hydrogen) atoms. The maximum Gasteiger partial charge on any atom is 0.253 e. The van der Waals surface area contributed by atoms with Gasteiger partial charge in [0.2, 0.25) is 0 Å². The highest BCUT2D eigenvalue weighted by molar-refractivity contribution is 5.75. The van der Waals surface area contributed by atoms with Crippen molar-refractivity contribution < 1.29 is 0 Å². The van der Waals surface area contributed by atoms with Crippen LogP contribution < -0.4 is 21.1 Å². The Morgan fingerprint density at radius 3 is 2.10 bits per heavy atom. The summed E-state index contributed by atoms with van der Waals surface area (Å²) in [5.41, 5.74) is 4.77. The van der Waals surface area contributed by atoms with Crippen LogP contribution in [-0.2, 0) is 0 Å². The molecule has 0 bridgehead atoms. The van der Waals surface area contributed by atoms with Crippen molar-refractivity contribution in [2.24, 2.45) is 0 Å². The van der Waals surface area contributed by atoms with Crippen LogP contribution in [0.1, 0.15) is 88.8 Å². The molecule has 1 saturated heterocycles. The third-order valence-corrected chi connectivity index (χ3v) is 5.94. The molecule has 0 amide bonds. The van der Waals surface area contributed by atoms with Crippen molar-refractivity contribution in [3.05, 3.63) is 55.3 Å². The highest BCUT2D eigenvalue weighted by Gasteiger charge is 2.25. The molecule has 1 aliphatic heterocycles. The van der Waals surface area contributed by atoms with Gasteiger partial charge < -0.3 is 10.2 Å². The van der Waals surface area contributed by atoms with Gasteiger partial charge in [-0.25, -0.2) is 0 Å². The Bertz CT molecular complexity index is 828. The van der Waals surface area contributed by atoms with Crippen LogP contribution in [0.15, 0.2) is 27.8 Å². The normalized spacial score (nSPS) is 14.3. The number of hydrogen-bond donors (Lipinski definition) is 1. The van der Waals surface area contributed by atoms with Crippen LogP contribution in [0.2, 0.25) is 0 Å². The molecule has 1 N–H and O–H groups in total. The lowest BCUT2D eigenvalue weighted by Gasteiger charge is -2.30. The van der Waals surface area contributed by atoms with Crippen molar-refractivity contribution in [3.8, 4) is 0 Å². The van der Waals surface area contributed by atoms with Crippen LogP contribution in [0.4, 0.5) is 11.4 Å². The molecular weight excluding hydrogens is 372 g/mol. The van der Waals surface area contributed by atoms with Gasteiger partial charge in [-0.1, -0.05) is 52.3 Å². The lowest BCUT2D eigenvalue weighted by atomic mass is 9.90. The summed E-state index contributed by atoms with van der Waals surface area (Å²) in [6, 6.07) is 6.91. The van der Waals surface area contributed by atoms with E-state index >= 15 is 0 Å². The van der Waals surface area contributed by atoms with Gasteiger partial charge in [-0.2, -0.15) is 0 Å². The molecule has 0 aromatic heterocycles. The standard InChI is InChI=1S/C14H22.C10H14N2O2.C2H6/c1-5-7-13(6-2)14-9-8-11(3)12(4)10-14;1-11-7-8(10(14)9(7)13)12-5-3-2-4-6-12;1-2/h8-10,13H,5-7H2,1-4H3;11H,2-6H2,1H3;1-2H3. The number of benzene rings is 1. The van der Waals surface area contributed by atoms with E-state index in [1.807, 2.05) is 18.7 Å². The fourth-order valence-corrected chi connectivity index (χ4v) is 4.00. The van der Waals surface area contributed by atoms with Crippen LogP contribution in [0.25, 0.3) is 0 Å². The number of piperidine rings is 1. The van der Waals surface area contributed by atoms with Crippen LogP contribution in [0, 0.1) is 13.8 Å². The predicted molar refractivity (Wildman–Crippen MR) is 132 cm³/mol. The lowest BCUT2D eigenvalue weighted by Crippen LogP contribution is -2.44. The second-order valence-corrected chi connectivity index (χ2v) is 7.92. The van der Waals surface area contributed by atoms with Crippen molar-refractivity contribution in [2.45, 2.75) is 86.0 Å². The first-order chi connectivity index (χ1) is 14.4. The van der Waals surface area contributed by atoms with E-state index in [1.54, 1.807) is 7.05 Å². The van der Waals surface area contributed by atoms with Gasteiger partial charge >= 0.3 is 0 Å². The van der Waals surface area contributed by atoms with E-state index in [-0.39, 0.29) is 10.9 Å². The van der Waals surface area contributed by atoms with Gasteiger partial charge in [0, 0.05) is 20.1 Å². The molecule has 168 valence electrons. The first kappa shape index (κ1) is 25.9. The molecule has 4 heteroatoms. The van der Waals surface area contributed by atoms with Crippen molar-refractivity contribution in [3.63, 3.8) is 0 Å². The molecule has 2 aromatic carbocycles. The second kappa shape index (κ2) is 13.3. The second-order valence-electron chi connectivity index (χ2n) is 7.92. The van der Waals surface area contributed by atoms with Gasteiger partial charge in [-0.05, 0) is 68.6 Å². The van der Waals surface area contributed by atoms with E-state index in [1.165, 1.54) is 42.4 Å². The number of anilines is 2. The molecule has 1 fully saturated rings. The number of nitrogens with one attached hydrogen (secondary N) is 1. The first-order valence-electron chi connectivity index (χ1n) is 11.8. The molecule has 0 aliphatic carbocycles. The lowest BCUT2D eigenvalue weighted by molar-refractivity contribution is 0.576. The third kappa shape index (κ3) is 6.45. The number of nitrogens with zero attached hydrogens (tertiary/aromatic N) is 1. The molecule has 4 nitrogen and oxygen atoms in total. The molecule has 3 rings (SSSR count). The minimum Gasteiger partial charge on any atom is -0.383 e. The van der Waals surface area contributed by atoms with E-state index in [9.17, 15) is 9.59 Å². The topological polar surface area (TPSA) is 49.4 Å². The van der Waals surface area contributed by atoms with Gasteiger partial charge in [0.1, 0.15) is 11.4 Å². The maximum absolute atomic E-state index is 11.3. The van der Waals surface area contributed by atoms with Crippen molar-refractivity contribution in [2.75, 3.05) is 30.4 Å². The summed E-state index contributed by atoms with van der Waals surface area (Å²) >= 11 is 0. The van der Waals surface area contributed by atoms with Crippen LogP contribution >= 0.6 is 0 Å². The number of aryl methyl sites for hydroxylation is 2. The molecule has 0 spiro atoms. The summed E-state index contributed by atoms with van der Waals surface area (Å²) in [6.07, 6.45) is 7.31. The molecule has 0 saturated carbocycles. The van der Waals surface area contributed by atoms with Gasteiger partial charge in [0.25, 0.3) is 10.9 Å². The van der Waals surface area contributed by atoms with Crippen LogP contribution in [0.3, 0.4) is 0 Å². The first-order valence-corrected chi connectivity index (χ1v) is 11.8. The zero-order valence-corrected chi connectivity index (χ0v) is 20.2. The summed E-state index contributed by atoms with van der Waals surface area (Å²) in [6.45, 7) is 14.7. The highest BCUT2D eigenvalue weighted by atomic mass is 16.2. The fourth-order valence-electron chi connectivity index (χ4n) is 4.00. The van der Waals surface area contributed by atoms with E-state index in [2.05, 4.69) is 51.2 Å². The largest absolute Gasteiger partial charge is 0.383 e. The van der Waals surface area contributed by atoms with E-state index in [0.29, 0.717) is 11.4 Å². The average molecular weight is 415 g/mol. The van der Waals surface area contributed by atoms with E-state index < -0.39 is 0 Å². The van der Waals surface area contributed by atoms with Gasteiger partial charge in [-0.3, -0.25) is 9.59 Å². The molecule has 1 atom stereocenters. The van der Waals surface area contributed by atoms with E-state index in [0.717, 1.165) is 31.8 Å². The average Bonchev–Trinajstić information content (AvgIpc) is 2.79. The smallest absolute Gasteiger partial charge is 0.253 e. The van der Waals surface area contributed by atoms with Crippen molar-refractivity contribution in [1.29, 1.82) is 0 Å². The van der Waals surface area contributed by atoms with Crippen LogP contribution in [0.5, 0.6) is 0 Å². The van der Waals surface area contributed by atoms with Gasteiger partial charge in [0.05, 0.1) is 0 Å². The fraction of sp³-hybridized carbons (Fsp3) is 0.615. The molecular formula is C26H42N2O2. The minimum absolute atomic E-state index is 0.323. The highest BCUT2D eigenvalue weighted by Crippen LogP contribution is 2.26. The zero-order chi connectivity index (χ0) is 22.7. The van der Waals surface area contributed by atoms with Crippen molar-refractivity contribution in [1.82, 2.24) is 0 Å². The Hall–Kier alpha value is -2.10. The SMILES string of the molecule is CC.CCCC(CC)c1ccc(C)c(C)c1.CNc1c(N2CCCCC2)c(=O)c1=O. The van der Waals surface area contributed by atoms with E-state index in [4.69, 9.17) is 0 Å². The minimum atomic E-state index is -0.368. The van der Waals surface area contributed by atoms with Gasteiger partial charge in [-0.15, -0.1) is 0 Å². The Morgan fingerprint density at radius 1 is 0.967 bits per heavy atom. The zero-order valence-electron chi connectivity index (χ0n) is 20.2. The molecule has 1 unspecified atom stereocenters. The summed E-state index contributed by atoms with van der Waals surface area (Å²) in [5.74, 6) is 0.763. The summed E-state index contributed by atoms with van der Waals surface area (Å²) in [5, 5.41) is 2.80. The Labute approximate surface area is 183 Å². The summed E-state index contributed by atoms with van der Waals surface area (Å²) in [4.78, 5) is 24.5. The molecule has 1 heterocycles. The molecule has 1 aliphatic rings. The monoisotopic (exact) mass is 414 g/mol. The predicted octanol–water partition coefficient (Wildman–Crippen LogP) is 5.94. The number of hydrogen-bond acceptors (Lipinski definition) is 4. The Balaban J connectivity index is 0.000000277. The number of rotatable bonds is 6. The molecule has 2 aromatic rings. The van der Waals surface area contributed by atoms with Crippen molar-refractivity contribution >= 4 is 11.4 Å². The Morgan fingerprint density at radius 2 is 1.60 bits per heavy atom.